The van der Waals surface area contributed by atoms with Crippen LogP contribution in [-0.4, -0.2) is 47.9 Å². The van der Waals surface area contributed by atoms with Gasteiger partial charge in [0.25, 0.3) is 0 Å². The third kappa shape index (κ3) is 5.91. The average Bonchev–Trinajstić information content (AvgIpc) is 2.59. The first-order valence-corrected chi connectivity index (χ1v) is 9.62. The SMILES string of the molecule is CCOC(=O)CC(c1ccc(F)cc1)C1(F)CCCN(C(=O)OC(C)(C)C)C1. The minimum absolute atomic E-state index is 0.182. The summed E-state index contributed by atoms with van der Waals surface area (Å²) in [5, 5.41) is 0. The summed E-state index contributed by atoms with van der Waals surface area (Å²) in [6.45, 7) is 7.32. The summed E-state index contributed by atoms with van der Waals surface area (Å²) in [7, 11) is 0. The highest BCUT2D eigenvalue weighted by molar-refractivity contribution is 5.71. The van der Waals surface area contributed by atoms with E-state index in [1.165, 1.54) is 29.2 Å². The van der Waals surface area contributed by atoms with Gasteiger partial charge >= 0.3 is 12.1 Å². The maximum Gasteiger partial charge on any atom is 0.410 e. The maximum atomic E-state index is 16.1. The van der Waals surface area contributed by atoms with Crippen LogP contribution in [0.1, 0.15) is 58.4 Å². The number of hydrogen-bond acceptors (Lipinski definition) is 4. The van der Waals surface area contributed by atoms with Crippen LogP contribution in [0, 0.1) is 5.82 Å². The van der Waals surface area contributed by atoms with Gasteiger partial charge in [0.15, 0.2) is 0 Å². The molecule has 1 saturated heterocycles. The van der Waals surface area contributed by atoms with Crippen LogP contribution < -0.4 is 0 Å². The molecule has 0 spiro atoms. The Bertz CT molecular complexity index is 687. The number of hydrogen-bond donors (Lipinski definition) is 0. The molecule has 0 radical (unpaired) electrons. The fourth-order valence-electron chi connectivity index (χ4n) is 3.49. The van der Waals surface area contributed by atoms with E-state index in [2.05, 4.69) is 0 Å². The minimum atomic E-state index is -1.85. The number of alkyl halides is 1. The standard InChI is InChI=1S/C21H29F2NO4/c1-5-27-18(25)13-17(15-7-9-16(22)10-8-15)21(23)11-6-12-24(14-21)19(26)28-20(2,3)4/h7-10,17H,5-6,11-14H2,1-4H3. The van der Waals surface area contributed by atoms with Crippen LogP contribution in [0.25, 0.3) is 0 Å². The summed E-state index contributed by atoms with van der Waals surface area (Å²) in [5.74, 6) is -1.81. The Labute approximate surface area is 165 Å². The summed E-state index contributed by atoms with van der Waals surface area (Å²) >= 11 is 0. The molecule has 156 valence electrons. The van der Waals surface area contributed by atoms with E-state index in [4.69, 9.17) is 9.47 Å². The molecule has 2 atom stereocenters. The molecule has 0 aliphatic carbocycles. The van der Waals surface area contributed by atoms with Crippen molar-refractivity contribution in [3.63, 3.8) is 0 Å². The Hall–Kier alpha value is -2.18. The number of halogens is 2. The molecule has 1 aliphatic rings. The zero-order chi connectivity index (χ0) is 20.9. The van der Waals surface area contributed by atoms with Crippen molar-refractivity contribution in [2.45, 2.75) is 64.1 Å². The normalized spacial score (nSPS) is 21.1. The van der Waals surface area contributed by atoms with E-state index in [-0.39, 0.29) is 26.0 Å². The third-order valence-electron chi connectivity index (χ3n) is 4.70. The van der Waals surface area contributed by atoms with E-state index in [1.807, 2.05) is 0 Å². The number of esters is 1. The highest BCUT2D eigenvalue weighted by Crippen LogP contribution is 2.41. The van der Waals surface area contributed by atoms with Crippen molar-refractivity contribution in [1.82, 2.24) is 4.90 Å². The van der Waals surface area contributed by atoms with E-state index in [0.29, 0.717) is 18.5 Å². The molecule has 7 heteroatoms. The number of carbonyl (C=O) groups excluding carboxylic acids is 2. The van der Waals surface area contributed by atoms with E-state index >= 15 is 4.39 Å². The van der Waals surface area contributed by atoms with Gasteiger partial charge in [-0.1, -0.05) is 12.1 Å². The fraction of sp³-hybridized carbons (Fsp3) is 0.619. The number of nitrogens with zero attached hydrogens (tertiary/aromatic N) is 1. The molecule has 2 rings (SSSR count). The zero-order valence-electron chi connectivity index (χ0n) is 17.0. The fourth-order valence-corrected chi connectivity index (χ4v) is 3.49. The minimum Gasteiger partial charge on any atom is -0.466 e. The molecule has 1 amide bonds. The quantitative estimate of drug-likeness (QED) is 0.682. The largest absolute Gasteiger partial charge is 0.466 e. The van der Waals surface area contributed by atoms with Crippen LogP contribution in [0.5, 0.6) is 0 Å². The Morgan fingerprint density at radius 2 is 1.89 bits per heavy atom. The molecule has 28 heavy (non-hydrogen) atoms. The summed E-state index contributed by atoms with van der Waals surface area (Å²) in [6, 6.07) is 5.44. The first kappa shape index (κ1) is 22.1. The zero-order valence-corrected chi connectivity index (χ0v) is 17.0. The van der Waals surface area contributed by atoms with E-state index < -0.39 is 35.1 Å². The van der Waals surface area contributed by atoms with Crippen LogP contribution in [0.15, 0.2) is 24.3 Å². The second-order valence-electron chi connectivity index (χ2n) is 8.15. The maximum absolute atomic E-state index is 16.1. The van der Waals surface area contributed by atoms with Gasteiger partial charge in [-0.2, -0.15) is 0 Å². The second kappa shape index (κ2) is 8.88. The van der Waals surface area contributed by atoms with Gasteiger partial charge in [-0.3, -0.25) is 4.79 Å². The van der Waals surface area contributed by atoms with Crippen molar-refractivity contribution in [2.24, 2.45) is 0 Å². The van der Waals surface area contributed by atoms with Crippen molar-refractivity contribution >= 4 is 12.1 Å². The monoisotopic (exact) mass is 397 g/mol. The van der Waals surface area contributed by atoms with Crippen LogP contribution >= 0.6 is 0 Å². The molecule has 1 heterocycles. The first-order chi connectivity index (χ1) is 13.0. The Balaban J connectivity index is 2.27. The van der Waals surface area contributed by atoms with Crippen LogP contribution in [0.2, 0.25) is 0 Å². The topological polar surface area (TPSA) is 55.8 Å². The van der Waals surface area contributed by atoms with E-state index in [1.54, 1.807) is 27.7 Å². The molecule has 1 aromatic rings. The first-order valence-electron chi connectivity index (χ1n) is 9.62. The summed E-state index contributed by atoms with van der Waals surface area (Å²) in [5.41, 5.74) is -2.03. The molecule has 0 N–H and O–H groups in total. The molecular formula is C21H29F2NO4. The lowest BCUT2D eigenvalue weighted by atomic mass is 9.76. The van der Waals surface area contributed by atoms with Crippen LogP contribution in [0.3, 0.4) is 0 Å². The number of carbonyl (C=O) groups is 2. The number of piperidine rings is 1. The summed E-state index contributed by atoms with van der Waals surface area (Å²) in [4.78, 5) is 25.9. The average molecular weight is 397 g/mol. The number of likely N-dealkylation sites (tertiary alicyclic amines) is 1. The van der Waals surface area contributed by atoms with Crippen LogP contribution in [-0.2, 0) is 14.3 Å². The molecule has 1 aliphatic heterocycles. The number of amides is 1. The second-order valence-corrected chi connectivity index (χ2v) is 8.15. The molecule has 0 bridgehead atoms. The van der Waals surface area contributed by atoms with Gasteiger partial charge in [-0.05, 0) is 58.2 Å². The summed E-state index contributed by atoms with van der Waals surface area (Å²) in [6.07, 6.45) is -0.134. The molecular weight excluding hydrogens is 368 g/mol. The lowest BCUT2D eigenvalue weighted by Crippen LogP contribution is -2.52. The number of benzene rings is 1. The third-order valence-corrected chi connectivity index (χ3v) is 4.70. The van der Waals surface area contributed by atoms with Gasteiger partial charge in [0.2, 0.25) is 0 Å². The van der Waals surface area contributed by atoms with Crippen molar-refractivity contribution in [2.75, 3.05) is 19.7 Å². The molecule has 1 aromatic carbocycles. The number of ether oxygens (including phenoxy) is 2. The molecule has 1 fully saturated rings. The van der Waals surface area contributed by atoms with Gasteiger partial charge in [-0.15, -0.1) is 0 Å². The molecule has 2 unspecified atom stereocenters. The predicted octanol–water partition coefficient (Wildman–Crippen LogP) is 4.60. The Morgan fingerprint density at radius 3 is 2.46 bits per heavy atom. The van der Waals surface area contributed by atoms with Crippen molar-refractivity contribution in [3.8, 4) is 0 Å². The van der Waals surface area contributed by atoms with Crippen LogP contribution in [0.4, 0.5) is 13.6 Å². The van der Waals surface area contributed by atoms with Gasteiger partial charge in [0.1, 0.15) is 17.1 Å². The van der Waals surface area contributed by atoms with Crippen molar-refractivity contribution < 1.29 is 27.8 Å². The predicted molar refractivity (Wildman–Crippen MR) is 101 cm³/mol. The van der Waals surface area contributed by atoms with Crippen molar-refractivity contribution in [3.05, 3.63) is 35.6 Å². The van der Waals surface area contributed by atoms with E-state index in [0.717, 1.165) is 0 Å². The molecule has 0 aromatic heterocycles. The lowest BCUT2D eigenvalue weighted by Gasteiger charge is -2.42. The van der Waals surface area contributed by atoms with E-state index in [9.17, 15) is 14.0 Å². The lowest BCUT2D eigenvalue weighted by molar-refractivity contribution is -0.145. The highest BCUT2D eigenvalue weighted by atomic mass is 19.1. The smallest absolute Gasteiger partial charge is 0.410 e. The molecule has 5 nitrogen and oxygen atoms in total. The van der Waals surface area contributed by atoms with Gasteiger partial charge < -0.3 is 14.4 Å². The Kier molecular flexibility index (Phi) is 7.01. The number of rotatable bonds is 5. The van der Waals surface area contributed by atoms with Gasteiger partial charge in [-0.25, -0.2) is 13.6 Å². The Morgan fingerprint density at radius 1 is 1.25 bits per heavy atom. The van der Waals surface area contributed by atoms with Gasteiger partial charge in [0.05, 0.1) is 19.6 Å². The molecule has 0 saturated carbocycles. The van der Waals surface area contributed by atoms with Crippen molar-refractivity contribution in [1.29, 1.82) is 0 Å². The van der Waals surface area contributed by atoms with Gasteiger partial charge in [0, 0.05) is 12.5 Å². The highest BCUT2D eigenvalue weighted by Gasteiger charge is 2.46. The summed E-state index contributed by atoms with van der Waals surface area (Å²) < 4.78 is 39.8.